The lowest BCUT2D eigenvalue weighted by molar-refractivity contribution is -0.136. The first-order valence-electron chi connectivity index (χ1n) is 10.5. The minimum Gasteiger partial charge on any atom is -0.503 e. The summed E-state index contributed by atoms with van der Waals surface area (Å²) in [6.07, 6.45) is 4.01. The summed E-state index contributed by atoms with van der Waals surface area (Å²) in [6, 6.07) is 4.69. The summed E-state index contributed by atoms with van der Waals surface area (Å²) in [6.45, 7) is 14.0. The number of nitrogens with zero attached hydrogens (tertiary/aromatic N) is 3. The monoisotopic (exact) mass is 457 g/mol. The van der Waals surface area contributed by atoms with Crippen molar-refractivity contribution >= 4 is 18.4 Å². The van der Waals surface area contributed by atoms with Crippen molar-refractivity contribution in [3.8, 4) is 0 Å². The molecule has 2 atom stereocenters. The number of carbonyl (C=O) groups is 2. The molecule has 0 aliphatic carbocycles. The number of ketones is 1. The molecule has 6 nitrogen and oxygen atoms in total. The van der Waals surface area contributed by atoms with Gasteiger partial charge in [-0.05, 0) is 56.2 Å². The average Bonchev–Trinajstić information content (AvgIpc) is 2.73. The average molecular weight is 458 g/mol. The van der Waals surface area contributed by atoms with Crippen LogP contribution in [0.3, 0.4) is 0 Å². The molecule has 33 heavy (non-hydrogen) atoms. The zero-order chi connectivity index (χ0) is 24.9. The highest BCUT2D eigenvalue weighted by molar-refractivity contribution is 6.03. The Bertz CT molecular complexity index is 1040. The molecular formula is C25H29F2N3O3. The molecule has 1 N–H and O–H groups in total. The number of allylic oxidation sites excluding steroid dienone is 5. The molecule has 8 heteroatoms. The maximum atomic E-state index is 14.4. The van der Waals surface area contributed by atoms with Crippen LogP contribution >= 0.6 is 0 Å². The van der Waals surface area contributed by atoms with Crippen molar-refractivity contribution in [1.82, 2.24) is 9.91 Å². The Balaban J connectivity index is 2.78. The SMILES string of the molecule is C=NN1/C(=C(/O)C(C)=O)C(=O)N(C(C)C)C[C@@H]1C(C(=C)/C=C(F)\C=C/C)c1cccc(F)c1. The van der Waals surface area contributed by atoms with E-state index in [1.807, 2.05) is 0 Å². The number of aliphatic hydroxyl groups excluding tert-OH is 1. The van der Waals surface area contributed by atoms with Crippen molar-refractivity contribution in [2.75, 3.05) is 6.54 Å². The van der Waals surface area contributed by atoms with E-state index in [-0.39, 0.29) is 23.9 Å². The van der Waals surface area contributed by atoms with Gasteiger partial charge in [0, 0.05) is 32.1 Å². The van der Waals surface area contributed by atoms with E-state index in [1.54, 1.807) is 26.8 Å². The quantitative estimate of drug-likeness (QED) is 0.264. The number of Topliss-reactive ketones (excluding diaryl/α,β-unsaturated/α-hetero) is 1. The summed E-state index contributed by atoms with van der Waals surface area (Å²) < 4.78 is 28.5. The second kappa shape index (κ2) is 10.8. The lowest BCUT2D eigenvalue weighted by Gasteiger charge is -2.45. The predicted octanol–water partition coefficient (Wildman–Crippen LogP) is 4.79. The van der Waals surface area contributed by atoms with Crippen molar-refractivity contribution in [3.05, 3.63) is 83.3 Å². The third-order valence-corrected chi connectivity index (χ3v) is 5.37. The summed E-state index contributed by atoms with van der Waals surface area (Å²) in [4.78, 5) is 26.6. The van der Waals surface area contributed by atoms with Crippen LogP contribution in [-0.2, 0) is 9.59 Å². The number of hydrogen-bond acceptors (Lipinski definition) is 5. The van der Waals surface area contributed by atoms with Gasteiger partial charge in [-0.1, -0.05) is 24.8 Å². The third-order valence-electron chi connectivity index (χ3n) is 5.37. The van der Waals surface area contributed by atoms with Gasteiger partial charge in [-0.15, -0.1) is 0 Å². The van der Waals surface area contributed by atoms with E-state index in [0.29, 0.717) is 5.56 Å². The molecule has 0 saturated carbocycles. The largest absolute Gasteiger partial charge is 0.503 e. The maximum Gasteiger partial charge on any atom is 0.276 e. The number of carbonyl (C=O) groups excluding carboxylic acids is 2. The number of hydrogen-bond donors (Lipinski definition) is 1. The first kappa shape index (κ1) is 25.7. The van der Waals surface area contributed by atoms with Gasteiger partial charge in [-0.3, -0.25) is 14.6 Å². The predicted molar refractivity (Wildman–Crippen MR) is 125 cm³/mol. The van der Waals surface area contributed by atoms with E-state index >= 15 is 0 Å². The topological polar surface area (TPSA) is 73.2 Å². The van der Waals surface area contributed by atoms with Gasteiger partial charge in [-0.2, -0.15) is 5.10 Å². The Labute approximate surface area is 192 Å². The number of benzene rings is 1. The van der Waals surface area contributed by atoms with Gasteiger partial charge in [-0.25, -0.2) is 8.78 Å². The Morgan fingerprint density at radius 2 is 2.03 bits per heavy atom. The van der Waals surface area contributed by atoms with Crippen LogP contribution in [0.1, 0.15) is 39.2 Å². The number of rotatable bonds is 8. The second-order valence-corrected chi connectivity index (χ2v) is 7.99. The highest BCUT2D eigenvalue weighted by atomic mass is 19.1. The van der Waals surface area contributed by atoms with Crippen LogP contribution in [0.25, 0.3) is 0 Å². The minimum absolute atomic E-state index is 0.0868. The molecule has 1 amide bonds. The van der Waals surface area contributed by atoms with Crippen molar-refractivity contribution in [1.29, 1.82) is 0 Å². The lowest BCUT2D eigenvalue weighted by atomic mass is 9.82. The summed E-state index contributed by atoms with van der Waals surface area (Å²) >= 11 is 0. The number of halogens is 2. The van der Waals surface area contributed by atoms with Gasteiger partial charge in [0.05, 0.1) is 6.04 Å². The van der Waals surface area contributed by atoms with Gasteiger partial charge in [0.25, 0.3) is 5.91 Å². The van der Waals surface area contributed by atoms with Crippen molar-refractivity contribution in [2.24, 2.45) is 5.10 Å². The molecule has 1 aromatic rings. The van der Waals surface area contributed by atoms with Gasteiger partial charge in [0.15, 0.2) is 17.2 Å². The van der Waals surface area contributed by atoms with E-state index in [2.05, 4.69) is 18.4 Å². The van der Waals surface area contributed by atoms with E-state index < -0.39 is 41.1 Å². The Kier molecular flexibility index (Phi) is 8.45. The smallest absolute Gasteiger partial charge is 0.276 e. The van der Waals surface area contributed by atoms with E-state index in [1.165, 1.54) is 41.3 Å². The molecular weight excluding hydrogens is 428 g/mol. The molecule has 1 aromatic carbocycles. The van der Waals surface area contributed by atoms with Crippen LogP contribution < -0.4 is 0 Å². The molecule has 1 aliphatic heterocycles. The highest BCUT2D eigenvalue weighted by Crippen LogP contribution is 2.38. The summed E-state index contributed by atoms with van der Waals surface area (Å²) in [5, 5.41) is 15.6. The summed E-state index contributed by atoms with van der Waals surface area (Å²) in [5.74, 6) is -3.90. The number of amides is 1. The van der Waals surface area contributed by atoms with E-state index in [4.69, 9.17) is 0 Å². The molecule has 176 valence electrons. The van der Waals surface area contributed by atoms with Crippen molar-refractivity contribution in [3.63, 3.8) is 0 Å². The molecule has 1 saturated heterocycles. The van der Waals surface area contributed by atoms with Crippen LogP contribution in [0, 0.1) is 5.82 Å². The van der Waals surface area contributed by atoms with Crippen molar-refractivity contribution in [2.45, 2.75) is 45.7 Å². The molecule has 0 radical (unpaired) electrons. The molecule has 1 aliphatic rings. The molecule has 0 bridgehead atoms. The van der Waals surface area contributed by atoms with Crippen LogP contribution in [-0.4, -0.2) is 52.1 Å². The highest BCUT2D eigenvalue weighted by Gasteiger charge is 2.44. The maximum absolute atomic E-state index is 14.4. The van der Waals surface area contributed by atoms with Crippen LogP contribution in [0.2, 0.25) is 0 Å². The number of piperazine rings is 1. The first-order valence-corrected chi connectivity index (χ1v) is 10.5. The zero-order valence-electron chi connectivity index (χ0n) is 19.3. The first-order chi connectivity index (χ1) is 15.5. The number of hydrazone groups is 1. The molecule has 1 unspecified atom stereocenters. The van der Waals surface area contributed by atoms with Gasteiger partial charge in [0.1, 0.15) is 11.6 Å². The van der Waals surface area contributed by atoms with E-state index in [9.17, 15) is 23.5 Å². The lowest BCUT2D eigenvalue weighted by Crippen LogP contribution is -2.57. The Morgan fingerprint density at radius 1 is 1.36 bits per heavy atom. The minimum atomic E-state index is -0.762. The summed E-state index contributed by atoms with van der Waals surface area (Å²) in [5.41, 5.74) is 0.409. The van der Waals surface area contributed by atoms with Crippen LogP contribution in [0.5, 0.6) is 0 Å². The normalized spacial score (nSPS) is 19.8. The second-order valence-electron chi connectivity index (χ2n) is 7.99. The van der Waals surface area contributed by atoms with Gasteiger partial charge >= 0.3 is 0 Å². The van der Waals surface area contributed by atoms with Crippen molar-refractivity contribution < 1.29 is 23.5 Å². The molecule has 0 spiro atoms. The fourth-order valence-electron chi connectivity index (χ4n) is 3.86. The fourth-order valence-corrected chi connectivity index (χ4v) is 3.86. The van der Waals surface area contributed by atoms with Crippen LogP contribution in [0.15, 0.2) is 77.0 Å². The van der Waals surface area contributed by atoms with Gasteiger partial charge in [0.2, 0.25) is 0 Å². The van der Waals surface area contributed by atoms with Crippen LogP contribution in [0.4, 0.5) is 8.78 Å². The third kappa shape index (κ3) is 5.63. The molecule has 1 fully saturated rings. The van der Waals surface area contributed by atoms with Gasteiger partial charge < -0.3 is 10.0 Å². The molecule has 1 heterocycles. The number of aliphatic hydroxyl groups is 1. The Hall–Kier alpha value is -3.55. The Morgan fingerprint density at radius 3 is 2.55 bits per heavy atom. The zero-order valence-corrected chi connectivity index (χ0v) is 19.3. The molecule has 0 aromatic heterocycles. The standard InChI is InChI=1S/C25H29F2N3O3/c1-7-9-19(26)12-16(4)22(18-10-8-11-20(27)13-18)21-14-29(15(2)3)25(33)23(30(21)28-6)24(32)17(5)31/h7-13,15,21-22,32H,4,6,14H2,1-3,5H3/b9-7-,19-12+,24-23+/t21-,22?/m1/s1. The fraction of sp³-hybridized carbons (Fsp3) is 0.320. The van der Waals surface area contributed by atoms with E-state index in [0.717, 1.165) is 11.9 Å². The summed E-state index contributed by atoms with van der Waals surface area (Å²) in [7, 11) is 0. The molecule has 2 rings (SSSR count).